The lowest BCUT2D eigenvalue weighted by Crippen LogP contribution is -2.43. The number of para-hydroxylation sites is 1. The van der Waals surface area contributed by atoms with E-state index in [-0.39, 0.29) is 12.5 Å². The molecule has 1 amide bonds. The van der Waals surface area contributed by atoms with Crippen molar-refractivity contribution in [1.82, 2.24) is 14.5 Å². The predicted octanol–water partition coefficient (Wildman–Crippen LogP) is 2.01. The van der Waals surface area contributed by atoms with Crippen LogP contribution in [0.2, 0.25) is 0 Å². The van der Waals surface area contributed by atoms with Gasteiger partial charge in [-0.05, 0) is 29.7 Å². The Labute approximate surface area is 155 Å². The molecule has 0 atom stereocenters. The first-order chi connectivity index (χ1) is 13.1. The molecule has 1 aliphatic heterocycles. The summed E-state index contributed by atoms with van der Waals surface area (Å²) in [5.74, 6) is -0.235. The second-order valence-electron chi connectivity index (χ2n) is 6.55. The minimum absolute atomic E-state index is 0.235. The van der Waals surface area contributed by atoms with Crippen molar-refractivity contribution in [1.29, 1.82) is 0 Å². The van der Waals surface area contributed by atoms with Crippen molar-refractivity contribution >= 4 is 22.4 Å². The van der Waals surface area contributed by atoms with E-state index in [1.54, 1.807) is 29.2 Å². The van der Waals surface area contributed by atoms with Gasteiger partial charge >= 0.3 is 5.69 Å². The number of H-pyrrole nitrogens is 1. The fourth-order valence-electron chi connectivity index (χ4n) is 3.39. The first-order valence-electron chi connectivity index (χ1n) is 8.87. The fourth-order valence-corrected chi connectivity index (χ4v) is 3.39. The lowest BCUT2D eigenvalue weighted by Gasteiger charge is -2.27. The zero-order chi connectivity index (χ0) is 18.8. The fraction of sp³-hybridized carbons (Fsp3) is 0.190. The van der Waals surface area contributed by atoms with E-state index >= 15 is 0 Å². The molecule has 2 aromatic carbocycles. The Morgan fingerprint density at radius 3 is 2.48 bits per heavy atom. The molecule has 3 aromatic rings. The average molecular weight is 361 g/mol. The van der Waals surface area contributed by atoms with Crippen LogP contribution >= 0.6 is 0 Å². The van der Waals surface area contributed by atoms with Crippen LogP contribution in [-0.4, -0.2) is 33.4 Å². The summed E-state index contributed by atoms with van der Waals surface area (Å²) < 4.78 is 0.973. The van der Waals surface area contributed by atoms with Crippen molar-refractivity contribution in [3.63, 3.8) is 0 Å². The monoisotopic (exact) mass is 361 g/mol. The Kier molecular flexibility index (Phi) is 4.46. The number of amides is 1. The minimum Gasteiger partial charge on any atom is -0.337 e. The van der Waals surface area contributed by atoms with Crippen molar-refractivity contribution in [2.75, 3.05) is 13.1 Å². The maximum atomic E-state index is 12.6. The highest BCUT2D eigenvalue weighted by Gasteiger charge is 2.20. The second-order valence-corrected chi connectivity index (χ2v) is 6.55. The highest BCUT2D eigenvalue weighted by molar-refractivity contribution is 5.80. The van der Waals surface area contributed by atoms with Gasteiger partial charge in [-0.3, -0.25) is 14.2 Å². The van der Waals surface area contributed by atoms with Crippen LogP contribution in [0.15, 0.2) is 70.3 Å². The van der Waals surface area contributed by atoms with Crippen molar-refractivity contribution in [2.45, 2.75) is 13.0 Å². The Balaban J connectivity index is 1.54. The predicted molar refractivity (Wildman–Crippen MR) is 104 cm³/mol. The number of rotatable bonds is 3. The third kappa shape index (κ3) is 3.33. The molecule has 1 N–H and O–H groups in total. The van der Waals surface area contributed by atoms with Crippen molar-refractivity contribution in [3.05, 3.63) is 87.1 Å². The van der Waals surface area contributed by atoms with Crippen LogP contribution in [0.25, 0.3) is 16.5 Å². The number of hydrogen-bond acceptors (Lipinski definition) is 3. The second kappa shape index (κ2) is 7.07. The highest BCUT2D eigenvalue weighted by Crippen LogP contribution is 2.22. The Morgan fingerprint density at radius 2 is 1.74 bits per heavy atom. The average Bonchev–Trinajstić information content (AvgIpc) is 2.72. The van der Waals surface area contributed by atoms with Crippen LogP contribution in [0.3, 0.4) is 0 Å². The first-order valence-corrected chi connectivity index (χ1v) is 8.87. The van der Waals surface area contributed by atoms with Gasteiger partial charge in [-0.1, -0.05) is 48.5 Å². The van der Waals surface area contributed by atoms with Crippen molar-refractivity contribution in [3.8, 4) is 0 Å². The van der Waals surface area contributed by atoms with Gasteiger partial charge in [-0.2, -0.15) is 0 Å². The molecule has 6 nitrogen and oxygen atoms in total. The molecule has 136 valence electrons. The molecule has 1 aliphatic rings. The van der Waals surface area contributed by atoms with Crippen LogP contribution in [0.4, 0.5) is 0 Å². The van der Waals surface area contributed by atoms with E-state index in [0.29, 0.717) is 24.0 Å². The number of carbonyl (C=O) groups excluding carboxylic acids is 1. The van der Waals surface area contributed by atoms with E-state index in [9.17, 15) is 14.4 Å². The molecule has 0 fully saturated rings. The summed E-state index contributed by atoms with van der Waals surface area (Å²) in [7, 11) is 0. The molecule has 6 heteroatoms. The molecular weight excluding hydrogens is 342 g/mol. The van der Waals surface area contributed by atoms with E-state index in [0.717, 1.165) is 16.6 Å². The van der Waals surface area contributed by atoms with Crippen molar-refractivity contribution in [2.24, 2.45) is 0 Å². The normalized spacial score (nSPS) is 14.2. The van der Waals surface area contributed by atoms with Gasteiger partial charge in [0, 0.05) is 13.1 Å². The largest absolute Gasteiger partial charge is 0.337 e. The number of aromatic nitrogens is 2. The van der Waals surface area contributed by atoms with Gasteiger partial charge in [0.2, 0.25) is 5.91 Å². The number of benzene rings is 2. The van der Waals surface area contributed by atoms with E-state index in [4.69, 9.17) is 0 Å². The summed E-state index contributed by atoms with van der Waals surface area (Å²) in [6.07, 6.45) is 2.78. The van der Waals surface area contributed by atoms with E-state index in [2.05, 4.69) is 17.1 Å². The maximum absolute atomic E-state index is 12.6. The van der Waals surface area contributed by atoms with Gasteiger partial charge in [0.1, 0.15) is 6.54 Å². The third-order valence-electron chi connectivity index (χ3n) is 4.89. The summed E-state index contributed by atoms with van der Waals surface area (Å²) in [5.41, 5.74) is 1.83. The Hall–Kier alpha value is -3.41. The van der Waals surface area contributed by atoms with Gasteiger partial charge < -0.3 is 9.88 Å². The zero-order valence-electron chi connectivity index (χ0n) is 14.7. The SMILES string of the molecule is O=C(Cn1c(=O)[nH]c2ccccc2c1=O)N1CC=C(c2ccccc2)CC1. The number of aromatic amines is 1. The molecule has 27 heavy (non-hydrogen) atoms. The molecule has 2 heterocycles. The standard InChI is InChI=1S/C21H19N3O3/c25-19(23-12-10-16(11-13-23)15-6-2-1-3-7-15)14-24-20(26)17-8-4-5-9-18(17)22-21(24)27/h1-10H,11-14H2,(H,22,27). The molecule has 1 aromatic heterocycles. The Bertz CT molecular complexity index is 1140. The lowest BCUT2D eigenvalue weighted by atomic mass is 9.99. The first kappa shape index (κ1) is 17.0. The summed E-state index contributed by atoms with van der Waals surface area (Å²) in [6, 6.07) is 16.9. The number of nitrogens with one attached hydrogen (secondary N) is 1. The summed E-state index contributed by atoms with van der Waals surface area (Å²) in [5, 5.41) is 0.398. The number of fused-ring (bicyclic) bond motifs is 1. The number of carbonyl (C=O) groups is 1. The maximum Gasteiger partial charge on any atom is 0.329 e. The minimum atomic E-state index is -0.565. The third-order valence-corrected chi connectivity index (χ3v) is 4.89. The number of nitrogens with zero attached hydrogens (tertiary/aromatic N) is 2. The molecular formula is C21H19N3O3. The van der Waals surface area contributed by atoms with Crippen molar-refractivity contribution < 1.29 is 4.79 Å². The van der Waals surface area contributed by atoms with Gasteiger partial charge in [0.05, 0.1) is 10.9 Å². The van der Waals surface area contributed by atoms with Gasteiger partial charge in [-0.15, -0.1) is 0 Å². The quantitative estimate of drug-likeness (QED) is 0.775. The molecule has 0 unspecified atom stereocenters. The summed E-state index contributed by atoms with van der Waals surface area (Å²) >= 11 is 0. The van der Waals surface area contributed by atoms with Gasteiger partial charge in [-0.25, -0.2) is 4.79 Å². The van der Waals surface area contributed by atoms with Crippen LogP contribution in [0, 0.1) is 0 Å². The molecule has 0 spiro atoms. The molecule has 4 rings (SSSR count). The number of hydrogen-bond donors (Lipinski definition) is 1. The van der Waals surface area contributed by atoms with Gasteiger partial charge in [0.15, 0.2) is 0 Å². The Morgan fingerprint density at radius 1 is 1.00 bits per heavy atom. The van der Waals surface area contributed by atoms with Crippen LogP contribution in [0.1, 0.15) is 12.0 Å². The van der Waals surface area contributed by atoms with E-state index in [1.807, 2.05) is 24.3 Å². The molecule has 0 bridgehead atoms. The topological polar surface area (TPSA) is 75.2 Å². The van der Waals surface area contributed by atoms with E-state index in [1.165, 1.54) is 5.57 Å². The molecule has 0 saturated heterocycles. The molecule has 0 saturated carbocycles. The van der Waals surface area contributed by atoms with Crippen LogP contribution in [0.5, 0.6) is 0 Å². The van der Waals surface area contributed by atoms with Gasteiger partial charge in [0.25, 0.3) is 5.56 Å². The van der Waals surface area contributed by atoms with E-state index < -0.39 is 11.2 Å². The molecule has 0 aliphatic carbocycles. The summed E-state index contributed by atoms with van der Waals surface area (Å²) in [4.78, 5) is 41.8. The smallest absolute Gasteiger partial charge is 0.329 e. The van der Waals surface area contributed by atoms with Crippen LogP contribution < -0.4 is 11.2 Å². The lowest BCUT2D eigenvalue weighted by molar-refractivity contribution is -0.131. The summed E-state index contributed by atoms with van der Waals surface area (Å²) in [6.45, 7) is 0.788. The molecule has 0 radical (unpaired) electrons. The zero-order valence-corrected chi connectivity index (χ0v) is 14.7. The highest BCUT2D eigenvalue weighted by atomic mass is 16.2. The van der Waals surface area contributed by atoms with Crippen LogP contribution in [-0.2, 0) is 11.3 Å².